The van der Waals surface area contributed by atoms with Crippen LogP contribution in [0, 0.1) is 11.8 Å². The Morgan fingerprint density at radius 2 is 2.00 bits per heavy atom. The van der Waals surface area contributed by atoms with Crippen molar-refractivity contribution in [2.75, 3.05) is 6.54 Å². The number of carboxylic acids is 1. The number of aliphatic carboxylic acids is 1. The van der Waals surface area contributed by atoms with Crippen LogP contribution in [0.25, 0.3) is 0 Å². The van der Waals surface area contributed by atoms with Crippen LogP contribution in [-0.4, -0.2) is 33.3 Å². The first-order chi connectivity index (χ1) is 9.97. The summed E-state index contributed by atoms with van der Waals surface area (Å²) in [6, 6.07) is 2.71. The number of nitrogens with zero attached hydrogens (tertiary/aromatic N) is 2. The van der Waals surface area contributed by atoms with Gasteiger partial charge in [0.1, 0.15) is 5.69 Å². The smallest absolute Gasteiger partial charge is 0.306 e. The van der Waals surface area contributed by atoms with Crippen LogP contribution in [0.3, 0.4) is 0 Å². The molecule has 0 saturated heterocycles. The van der Waals surface area contributed by atoms with Crippen LogP contribution in [0.2, 0.25) is 0 Å². The normalized spacial score (nSPS) is 21.8. The van der Waals surface area contributed by atoms with Crippen molar-refractivity contribution in [2.45, 2.75) is 25.7 Å². The van der Waals surface area contributed by atoms with Crippen molar-refractivity contribution in [1.29, 1.82) is 0 Å². The Balaban J connectivity index is 1.83. The zero-order chi connectivity index (χ0) is 15.4. The number of carbonyl (C=O) groups is 2. The van der Waals surface area contributed by atoms with Gasteiger partial charge in [-0.05, 0) is 37.7 Å². The van der Waals surface area contributed by atoms with E-state index in [1.165, 1.54) is 19.2 Å². The van der Waals surface area contributed by atoms with Gasteiger partial charge in [-0.3, -0.25) is 14.4 Å². The highest BCUT2D eigenvalue weighted by atomic mass is 16.4. The van der Waals surface area contributed by atoms with Gasteiger partial charge in [-0.25, -0.2) is 4.68 Å². The van der Waals surface area contributed by atoms with Gasteiger partial charge in [0.2, 0.25) is 0 Å². The average Bonchev–Trinajstić information content (AvgIpc) is 2.48. The fraction of sp³-hybridized carbons (Fsp3) is 0.571. The summed E-state index contributed by atoms with van der Waals surface area (Å²) >= 11 is 0. The minimum absolute atomic E-state index is 0.205. The van der Waals surface area contributed by atoms with E-state index in [4.69, 9.17) is 5.11 Å². The van der Waals surface area contributed by atoms with Crippen molar-refractivity contribution in [3.8, 4) is 0 Å². The Labute approximate surface area is 122 Å². The van der Waals surface area contributed by atoms with Crippen LogP contribution < -0.4 is 10.9 Å². The predicted octanol–water partition coefficient (Wildman–Crippen LogP) is 0.401. The highest BCUT2D eigenvalue weighted by Crippen LogP contribution is 2.28. The summed E-state index contributed by atoms with van der Waals surface area (Å²) in [5, 5.41) is 15.6. The number of nitrogens with one attached hydrogen (secondary N) is 1. The second kappa shape index (κ2) is 6.51. The lowest BCUT2D eigenvalue weighted by Crippen LogP contribution is -2.34. The summed E-state index contributed by atoms with van der Waals surface area (Å²) in [6.07, 6.45) is 2.93. The third-order valence-electron chi connectivity index (χ3n) is 3.94. The first-order valence-corrected chi connectivity index (χ1v) is 7.02. The van der Waals surface area contributed by atoms with Crippen LogP contribution in [-0.2, 0) is 11.8 Å². The quantitative estimate of drug-likeness (QED) is 0.836. The Kier molecular flexibility index (Phi) is 4.72. The van der Waals surface area contributed by atoms with Crippen molar-refractivity contribution >= 4 is 11.9 Å². The molecule has 1 saturated carbocycles. The standard InChI is InChI=1S/C14H19N3O4/c1-17-12(18)7-6-11(16-17)13(19)15-8-9-2-4-10(5-3-9)14(20)21/h6-7,9-10H,2-5,8H2,1H3,(H,15,19)(H,20,21). The second-order valence-corrected chi connectivity index (χ2v) is 5.45. The fourth-order valence-electron chi connectivity index (χ4n) is 2.56. The lowest BCUT2D eigenvalue weighted by atomic mass is 9.82. The molecule has 0 aliphatic heterocycles. The second-order valence-electron chi connectivity index (χ2n) is 5.45. The molecule has 7 nitrogen and oxygen atoms in total. The molecule has 7 heteroatoms. The number of rotatable bonds is 4. The lowest BCUT2D eigenvalue weighted by molar-refractivity contribution is -0.143. The summed E-state index contributed by atoms with van der Waals surface area (Å²) < 4.78 is 1.12. The van der Waals surface area contributed by atoms with Gasteiger partial charge in [0.05, 0.1) is 5.92 Å². The van der Waals surface area contributed by atoms with Gasteiger partial charge in [-0.2, -0.15) is 5.10 Å². The van der Waals surface area contributed by atoms with Crippen LogP contribution in [0.1, 0.15) is 36.2 Å². The summed E-state index contributed by atoms with van der Waals surface area (Å²) in [4.78, 5) is 34.0. The maximum atomic E-state index is 11.9. The molecule has 0 unspecified atom stereocenters. The SMILES string of the molecule is Cn1nc(C(=O)NCC2CCC(C(=O)O)CC2)ccc1=O. The van der Waals surface area contributed by atoms with E-state index < -0.39 is 5.97 Å². The van der Waals surface area contributed by atoms with Gasteiger partial charge >= 0.3 is 5.97 Å². The van der Waals surface area contributed by atoms with Crippen LogP contribution in [0.4, 0.5) is 0 Å². The molecule has 1 aromatic rings. The number of carbonyl (C=O) groups excluding carboxylic acids is 1. The zero-order valence-electron chi connectivity index (χ0n) is 11.9. The molecular formula is C14H19N3O4. The summed E-state index contributed by atoms with van der Waals surface area (Å²) in [7, 11) is 1.49. The largest absolute Gasteiger partial charge is 0.481 e. The van der Waals surface area contributed by atoms with Gasteiger partial charge in [0, 0.05) is 19.7 Å². The van der Waals surface area contributed by atoms with E-state index in [-0.39, 0.29) is 23.1 Å². The van der Waals surface area contributed by atoms with Gasteiger partial charge in [0.15, 0.2) is 0 Å². The number of hydrogen-bond donors (Lipinski definition) is 2. The van der Waals surface area contributed by atoms with Gasteiger partial charge in [-0.1, -0.05) is 0 Å². The molecule has 2 N–H and O–H groups in total. The topological polar surface area (TPSA) is 101 Å². The fourth-order valence-corrected chi connectivity index (χ4v) is 2.56. The highest BCUT2D eigenvalue weighted by molar-refractivity contribution is 5.91. The van der Waals surface area contributed by atoms with Gasteiger partial charge in [-0.15, -0.1) is 0 Å². The number of hydrogen-bond acceptors (Lipinski definition) is 4. The maximum absolute atomic E-state index is 11.9. The molecule has 1 aromatic heterocycles. The summed E-state index contributed by atoms with van der Waals surface area (Å²) in [5.41, 5.74) is -0.0603. The first kappa shape index (κ1) is 15.2. The van der Waals surface area contributed by atoms with Gasteiger partial charge in [0.25, 0.3) is 11.5 Å². The Hall–Kier alpha value is -2.18. The minimum atomic E-state index is -0.730. The van der Waals surface area contributed by atoms with E-state index in [0.717, 1.165) is 17.5 Å². The zero-order valence-corrected chi connectivity index (χ0v) is 11.9. The van der Waals surface area contributed by atoms with E-state index in [2.05, 4.69) is 10.4 Å². The molecule has 114 valence electrons. The molecule has 1 fully saturated rings. The molecular weight excluding hydrogens is 274 g/mol. The Bertz CT molecular complexity index is 588. The van der Waals surface area contributed by atoms with Crippen molar-refractivity contribution in [3.05, 3.63) is 28.2 Å². The molecule has 0 bridgehead atoms. The molecule has 2 rings (SSSR count). The number of amides is 1. The van der Waals surface area contributed by atoms with E-state index >= 15 is 0 Å². The monoisotopic (exact) mass is 293 g/mol. The summed E-state index contributed by atoms with van der Waals surface area (Å²) in [6.45, 7) is 0.510. The molecule has 21 heavy (non-hydrogen) atoms. The Morgan fingerprint density at radius 3 is 2.57 bits per heavy atom. The van der Waals surface area contributed by atoms with Gasteiger partial charge < -0.3 is 10.4 Å². The number of carboxylic acid groups (broad SMARTS) is 1. The predicted molar refractivity (Wildman–Crippen MR) is 74.9 cm³/mol. The highest BCUT2D eigenvalue weighted by Gasteiger charge is 2.26. The minimum Gasteiger partial charge on any atom is -0.481 e. The summed E-state index contributed by atoms with van der Waals surface area (Å²) in [5.74, 6) is -0.989. The van der Waals surface area contributed by atoms with Crippen LogP contribution >= 0.6 is 0 Å². The third-order valence-corrected chi connectivity index (χ3v) is 3.94. The van der Waals surface area contributed by atoms with Crippen molar-refractivity contribution < 1.29 is 14.7 Å². The van der Waals surface area contributed by atoms with Crippen molar-refractivity contribution in [2.24, 2.45) is 18.9 Å². The van der Waals surface area contributed by atoms with E-state index in [1.54, 1.807) is 0 Å². The molecule has 0 radical (unpaired) electrons. The number of aryl methyl sites for hydroxylation is 1. The molecule has 1 heterocycles. The van der Waals surface area contributed by atoms with Crippen molar-refractivity contribution in [3.63, 3.8) is 0 Å². The number of aromatic nitrogens is 2. The molecule has 1 aliphatic carbocycles. The molecule has 0 spiro atoms. The van der Waals surface area contributed by atoms with Crippen LogP contribution in [0.15, 0.2) is 16.9 Å². The first-order valence-electron chi connectivity index (χ1n) is 7.02. The Morgan fingerprint density at radius 1 is 1.33 bits per heavy atom. The average molecular weight is 293 g/mol. The van der Waals surface area contributed by atoms with E-state index in [1.807, 2.05) is 0 Å². The maximum Gasteiger partial charge on any atom is 0.306 e. The van der Waals surface area contributed by atoms with E-state index in [0.29, 0.717) is 25.3 Å². The van der Waals surface area contributed by atoms with E-state index in [9.17, 15) is 14.4 Å². The van der Waals surface area contributed by atoms with Crippen LogP contribution in [0.5, 0.6) is 0 Å². The molecule has 1 amide bonds. The third kappa shape index (κ3) is 3.90. The molecule has 0 atom stereocenters. The van der Waals surface area contributed by atoms with Crippen molar-refractivity contribution in [1.82, 2.24) is 15.1 Å². The lowest BCUT2D eigenvalue weighted by Gasteiger charge is -2.26. The molecule has 1 aliphatic rings. The molecule has 0 aromatic carbocycles.